The molecule has 0 amide bonds. The minimum atomic E-state index is 0.304. The molecular formula is C18H19N3. The van der Waals surface area contributed by atoms with Crippen molar-refractivity contribution < 1.29 is 0 Å². The summed E-state index contributed by atoms with van der Waals surface area (Å²) in [6, 6.07) is 14.7. The number of aryl methyl sites for hydroxylation is 2. The van der Waals surface area contributed by atoms with Crippen molar-refractivity contribution in [1.82, 2.24) is 14.5 Å². The average molecular weight is 277 g/mol. The maximum Gasteiger partial charge on any atom is 0.115 e. The fourth-order valence-electron chi connectivity index (χ4n) is 2.58. The van der Waals surface area contributed by atoms with Crippen LogP contribution < -0.4 is 0 Å². The highest BCUT2D eigenvalue weighted by Gasteiger charge is 2.13. The highest BCUT2D eigenvalue weighted by Crippen LogP contribution is 2.22. The van der Waals surface area contributed by atoms with E-state index in [1.807, 2.05) is 24.7 Å². The number of imidazole rings is 1. The van der Waals surface area contributed by atoms with Crippen molar-refractivity contribution in [2.75, 3.05) is 0 Å². The summed E-state index contributed by atoms with van der Waals surface area (Å²) in [7, 11) is 0. The van der Waals surface area contributed by atoms with Gasteiger partial charge in [0.1, 0.15) is 5.82 Å². The summed E-state index contributed by atoms with van der Waals surface area (Å²) in [5.74, 6) is 1.42. The number of aromatic nitrogens is 3. The molecule has 0 saturated heterocycles. The van der Waals surface area contributed by atoms with Crippen molar-refractivity contribution in [3.05, 3.63) is 84.2 Å². The third kappa shape index (κ3) is 3.19. The van der Waals surface area contributed by atoms with E-state index in [0.717, 1.165) is 18.8 Å². The average Bonchev–Trinajstić information content (AvgIpc) is 3.02. The Morgan fingerprint density at radius 1 is 1.00 bits per heavy atom. The molecule has 0 bridgehead atoms. The molecule has 0 aliphatic rings. The van der Waals surface area contributed by atoms with E-state index in [1.165, 1.54) is 11.1 Å². The zero-order valence-corrected chi connectivity index (χ0v) is 12.2. The zero-order valence-electron chi connectivity index (χ0n) is 12.2. The lowest BCUT2D eigenvalue weighted by Gasteiger charge is -2.14. The molecule has 0 saturated carbocycles. The number of benzene rings is 1. The molecule has 0 aliphatic carbocycles. The van der Waals surface area contributed by atoms with Crippen LogP contribution in [0.4, 0.5) is 0 Å². The molecular weight excluding hydrogens is 258 g/mol. The van der Waals surface area contributed by atoms with E-state index < -0.39 is 0 Å². The molecule has 0 aliphatic heterocycles. The van der Waals surface area contributed by atoms with Crippen molar-refractivity contribution in [1.29, 1.82) is 0 Å². The first kappa shape index (κ1) is 13.6. The van der Waals surface area contributed by atoms with Gasteiger partial charge < -0.3 is 4.57 Å². The summed E-state index contributed by atoms with van der Waals surface area (Å²) in [5, 5.41) is 0. The third-order valence-electron chi connectivity index (χ3n) is 3.83. The fraction of sp³-hybridized carbons (Fsp3) is 0.222. The van der Waals surface area contributed by atoms with E-state index in [1.54, 1.807) is 0 Å². The summed E-state index contributed by atoms with van der Waals surface area (Å²) >= 11 is 0. The van der Waals surface area contributed by atoms with Crippen molar-refractivity contribution in [2.24, 2.45) is 0 Å². The third-order valence-corrected chi connectivity index (χ3v) is 3.83. The Morgan fingerprint density at radius 2 is 1.76 bits per heavy atom. The van der Waals surface area contributed by atoms with Gasteiger partial charge in [-0.25, -0.2) is 4.98 Å². The topological polar surface area (TPSA) is 30.7 Å². The molecule has 0 spiro atoms. The lowest BCUT2D eigenvalue weighted by atomic mass is 10.0. The van der Waals surface area contributed by atoms with E-state index in [2.05, 4.69) is 64.1 Å². The molecule has 0 N–H and O–H groups in total. The first-order valence-electron chi connectivity index (χ1n) is 7.29. The molecule has 2 aromatic heterocycles. The van der Waals surface area contributed by atoms with Gasteiger partial charge in [0, 0.05) is 37.3 Å². The maximum atomic E-state index is 4.56. The van der Waals surface area contributed by atoms with E-state index in [0.29, 0.717) is 5.92 Å². The summed E-state index contributed by atoms with van der Waals surface area (Å²) in [6.45, 7) is 3.15. The predicted octanol–water partition coefficient (Wildman–Crippen LogP) is 3.67. The van der Waals surface area contributed by atoms with Crippen LogP contribution in [0.1, 0.15) is 29.8 Å². The van der Waals surface area contributed by atoms with Gasteiger partial charge in [-0.2, -0.15) is 0 Å². The maximum absolute atomic E-state index is 4.56. The van der Waals surface area contributed by atoms with Crippen molar-refractivity contribution in [3.8, 4) is 0 Å². The standard InChI is InChI=1S/C18H19N3/c1-15(17-5-3-2-4-6-17)18-20-12-14-21(18)13-9-16-7-10-19-11-8-16/h2-8,10-12,14-15H,9,13H2,1H3/t15-/m1/s1. The van der Waals surface area contributed by atoms with Crippen LogP contribution in [0.25, 0.3) is 0 Å². The molecule has 3 rings (SSSR count). The Morgan fingerprint density at radius 3 is 2.52 bits per heavy atom. The Kier molecular flexibility index (Phi) is 4.10. The van der Waals surface area contributed by atoms with Crippen LogP contribution in [0, 0.1) is 0 Å². The van der Waals surface area contributed by atoms with Crippen LogP contribution in [0.3, 0.4) is 0 Å². The molecule has 0 fully saturated rings. The van der Waals surface area contributed by atoms with E-state index in [9.17, 15) is 0 Å². The number of rotatable bonds is 5. The predicted molar refractivity (Wildman–Crippen MR) is 84.1 cm³/mol. The Labute approximate surface area is 125 Å². The van der Waals surface area contributed by atoms with E-state index >= 15 is 0 Å². The largest absolute Gasteiger partial charge is 0.334 e. The lowest BCUT2D eigenvalue weighted by molar-refractivity contribution is 0.631. The zero-order chi connectivity index (χ0) is 14.5. The van der Waals surface area contributed by atoms with Crippen molar-refractivity contribution in [3.63, 3.8) is 0 Å². The molecule has 0 radical (unpaired) electrons. The molecule has 0 unspecified atom stereocenters. The van der Waals surface area contributed by atoms with Crippen molar-refractivity contribution >= 4 is 0 Å². The normalized spacial score (nSPS) is 12.2. The number of nitrogens with zero attached hydrogens (tertiary/aromatic N) is 3. The van der Waals surface area contributed by atoms with Gasteiger partial charge >= 0.3 is 0 Å². The second-order valence-corrected chi connectivity index (χ2v) is 5.22. The van der Waals surface area contributed by atoms with Gasteiger partial charge in [-0.15, -0.1) is 0 Å². The van der Waals surface area contributed by atoms with Gasteiger partial charge in [0.05, 0.1) is 0 Å². The van der Waals surface area contributed by atoms with Crippen molar-refractivity contribution in [2.45, 2.75) is 25.8 Å². The second kappa shape index (κ2) is 6.35. The lowest BCUT2D eigenvalue weighted by Crippen LogP contribution is -2.09. The molecule has 2 heterocycles. The summed E-state index contributed by atoms with van der Waals surface area (Å²) < 4.78 is 2.25. The molecule has 3 aromatic rings. The molecule has 106 valence electrons. The van der Waals surface area contributed by atoms with E-state index in [-0.39, 0.29) is 0 Å². The van der Waals surface area contributed by atoms with Gasteiger partial charge in [-0.1, -0.05) is 37.3 Å². The number of hydrogen-bond donors (Lipinski definition) is 0. The highest BCUT2D eigenvalue weighted by atomic mass is 15.1. The van der Waals surface area contributed by atoms with Gasteiger partial charge in [-0.05, 0) is 29.7 Å². The Balaban J connectivity index is 1.75. The Hall–Kier alpha value is -2.42. The van der Waals surface area contributed by atoms with Crippen LogP contribution in [0.2, 0.25) is 0 Å². The van der Waals surface area contributed by atoms with Crippen LogP contribution in [-0.2, 0) is 13.0 Å². The van der Waals surface area contributed by atoms with Crippen LogP contribution in [0.15, 0.2) is 67.3 Å². The highest BCUT2D eigenvalue weighted by molar-refractivity contribution is 5.25. The quantitative estimate of drug-likeness (QED) is 0.712. The second-order valence-electron chi connectivity index (χ2n) is 5.22. The van der Waals surface area contributed by atoms with Gasteiger partial charge in [0.25, 0.3) is 0 Å². The van der Waals surface area contributed by atoms with Crippen LogP contribution in [-0.4, -0.2) is 14.5 Å². The molecule has 3 heteroatoms. The van der Waals surface area contributed by atoms with Gasteiger partial charge in [-0.3, -0.25) is 4.98 Å². The number of hydrogen-bond acceptors (Lipinski definition) is 2. The fourth-order valence-corrected chi connectivity index (χ4v) is 2.58. The molecule has 1 atom stereocenters. The first-order chi connectivity index (χ1) is 10.3. The first-order valence-corrected chi connectivity index (χ1v) is 7.29. The van der Waals surface area contributed by atoms with E-state index in [4.69, 9.17) is 0 Å². The molecule has 3 nitrogen and oxygen atoms in total. The molecule has 21 heavy (non-hydrogen) atoms. The van der Waals surface area contributed by atoms with Crippen LogP contribution in [0.5, 0.6) is 0 Å². The minimum absolute atomic E-state index is 0.304. The summed E-state index contributed by atoms with van der Waals surface area (Å²) in [4.78, 5) is 8.61. The SMILES string of the molecule is C[C@H](c1ccccc1)c1nccn1CCc1ccncc1. The summed E-state index contributed by atoms with van der Waals surface area (Å²) in [6.07, 6.45) is 8.64. The Bertz CT molecular complexity index is 674. The van der Waals surface area contributed by atoms with Gasteiger partial charge in [0.15, 0.2) is 0 Å². The number of pyridine rings is 1. The minimum Gasteiger partial charge on any atom is -0.334 e. The van der Waals surface area contributed by atoms with Gasteiger partial charge in [0.2, 0.25) is 0 Å². The summed E-state index contributed by atoms with van der Waals surface area (Å²) in [5.41, 5.74) is 2.60. The smallest absolute Gasteiger partial charge is 0.115 e. The monoisotopic (exact) mass is 277 g/mol. The van der Waals surface area contributed by atoms with Crippen LogP contribution >= 0.6 is 0 Å². The molecule has 1 aromatic carbocycles.